The third kappa shape index (κ3) is 3.94. The maximum Gasteiger partial charge on any atom is 0.0443 e. The summed E-state index contributed by atoms with van der Waals surface area (Å²) in [6.45, 7) is 5.11. The molecule has 3 heteroatoms. The molecule has 1 unspecified atom stereocenters. The van der Waals surface area contributed by atoms with E-state index in [-0.39, 0.29) is 0 Å². The molecule has 0 amide bonds. The second kappa shape index (κ2) is 7.34. The molecule has 0 spiro atoms. The van der Waals surface area contributed by atoms with E-state index in [0.717, 1.165) is 24.9 Å². The van der Waals surface area contributed by atoms with Gasteiger partial charge in [-0.2, -0.15) is 0 Å². The normalized spacial score (nSPS) is 29.1. The zero-order valence-corrected chi connectivity index (χ0v) is 11.0. The van der Waals surface area contributed by atoms with Gasteiger partial charge in [0.2, 0.25) is 0 Å². The Morgan fingerprint density at radius 2 is 1.88 bits per heavy atom. The van der Waals surface area contributed by atoms with Crippen molar-refractivity contribution >= 4 is 0 Å². The lowest BCUT2D eigenvalue weighted by Gasteiger charge is -2.38. The third-order valence-corrected chi connectivity index (χ3v) is 4.45. The van der Waals surface area contributed by atoms with Crippen LogP contribution in [0, 0.1) is 5.92 Å². The van der Waals surface area contributed by atoms with E-state index < -0.39 is 0 Å². The minimum Gasteiger partial charge on any atom is -0.396 e. The fourth-order valence-electron chi connectivity index (χ4n) is 3.51. The van der Waals surface area contributed by atoms with Gasteiger partial charge in [0.15, 0.2) is 0 Å². The summed E-state index contributed by atoms with van der Waals surface area (Å²) in [4.78, 5) is 2.68. The van der Waals surface area contributed by atoms with Crippen molar-refractivity contribution in [3.05, 3.63) is 0 Å². The highest BCUT2D eigenvalue weighted by Gasteiger charge is 2.29. The van der Waals surface area contributed by atoms with Crippen molar-refractivity contribution in [1.29, 1.82) is 0 Å². The van der Waals surface area contributed by atoms with Crippen molar-refractivity contribution in [2.24, 2.45) is 5.92 Å². The average molecular weight is 240 g/mol. The Morgan fingerprint density at radius 1 is 1.06 bits per heavy atom. The maximum atomic E-state index is 9.03. The van der Waals surface area contributed by atoms with E-state index in [9.17, 15) is 0 Å². The molecule has 0 aromatic rings. The van der Waals surface area contributed by atoms with Gasteiger partial charge in [0.05, 0.1) is 0 Å². The van der Waals surface area contributed by atoms with Crippen LogP contribution in [0.1, 0.15) is 44.9 Å². The number of hydrogen-bond acceptors (Lipinski definition) is 3. The maximum absolute atomic E-state index is 9.03. The van der Waals surface area contributed by atoms with E-state index in [1.54, 1.807) is 0 Å². The number of likely N-dealkylation sites (tertiary alicyclic amines) is 1. The van der Waals surface area contributed by atoms with Crippen LogP contribution in [0.25, 0.3) is 0 Å². The number of aliphatic hydroxyl groups excluding tert-OH is 1. The van der Waals surface area contributed by atoms with Crippen LogP contribution in [-0.2, 0) is 0 Å². The lowest BCUT2D eigenvalue weighted by Crippen LogP contribution is -2.44. The molecule has 2 aliphatic heterocycles. The van der Waals surface area contributed by atoms with Crippen LogP contribution in [-0.4, -0.2) is 48.8 Å². The molecule has 3 nitrogen and oxygen atoms in total. The van der Waals surface area contributed by atoms with Gasteiger partial charge in [-0.3, -0.25) is 0 Å². The van der Waals surface area contributed by atoms with Crippen LogP contribution in [0.4, 0.5) is 0 Å². The Kier molecular flexibility index (Phi) is 5.75. The number of nitrogens with one attached hydrogen (secondary N) is 1. The largest absolute Gasteiger partial charge is 0.396 e. The van der Waals surface area contributed by atoms with Crippen LogP contribution in [0.5, 0.6) is 0 Å². The predicted molar refractivity (Wildman–Crippen MR) is 71.1 cm³/mol. The van der Waals surface area contributed by atoms with Crippen LogP contribution in [0.3, 0.4) is 0 Å². The molecule has 0 aromatic carbocycles. The fourth-order valence-corrected chi connectivity index (χ4v) is 3.51. The molecule has 2 heterocycles. The van der Waals surface area contributed by atoms with E-state index in [0.29, 0.717) is 6.61 Å². The number of piperidine rings is 1. The quantitative estimate of drug-likeness (QED) is 0.784. The minimum atomic E-state index is 0.343. The molecule has 100 valence electrons. The Balaban J connectivity index is 1.92. The van der Waals surface area contributed by atoms with Crippen molar-refractivity contribution in [2.75, 3.05) is 32.8 Å². The smallest absolute Gasteiger partial charge is 0.0443 e. The molecule has 2 aliphatic rings. The van der Waals surface area contributed by atoms with E-state index >= 15 is 0 Å². The topological polar surface area (TPSA) is 35.5 Å². The Labute approximate surface area is 106 Å². The summed E-state index contributed by atoms with van der Waals surface area (Å²) in [5, 5.41) is 12.5. The molecule has 2 rings (SSSR count). The van der Waals surface area contributed by atoms with Gasteiger partial charge in [0.1, 0.15) is 0 Å². The van der Waals surface area contributed by atoms with E-state index in [2.05, 4.69) is 10.2 Å². The lowest BCUT2D eigenvalue weighted by atomic mass is 9.87. The Morgan fingerprint density at radius 3 is 2.65 bits per heavy atom. The van der Waals surface area contributed by atoms with Gasteiger partial charge in [-0.15, -0.1) is 0 Å². The molecule has 0 radical (unpaired) electrons. The zero-order chi connectivity index (χ0) is 11.9. The molecule has 0 aliphatic carbocycles. The number of aliphatic hydroxyl groups is 1. The first kappa shape index (κ1) is 13.3. The van der Waals surface area contributed by atoms with E-state index in [1.165, 1.54) is 58.2 Å². The average Bonchev–Trinajstić information content (AvgIpc) is 2.62. The van der Waals surface area contributed by atoms with E-state index in [1.807, 2.05) is 0 Å². The number of nitrogens with zero attached hydrogens (tertiary/aromatic N) is 1. The summed E-state index contributed by atoms with van der Waals surface area (Å²) in [7, 11) is 0. The van der Waals surface area contributed by atoms with Gasteiger partial charge >= 0.3 is 0 Å². The van der Waals surface area contributed by atoms with Crippen molar-refractivity contribution in [3.63, 3.8) is 0 Å². The molecule has 17 heavy (non-hydrogen) atoms. The number of rotatable bonds is 4. The predicted octanol–water partition coefficient (Wildman–Crippen LogP) is 1.61. The molecular formula is C14H28N2O. The number of hydrogen-bond donors (Lipinski definition) is 2. The first-order valence-electron chi connectivity index (χ1n) is 7.47. The summed E-state index contributed by atoms with van der Waals surface area (Å²) < 4.78 is 0. The van der Waals surface area contributed by atoms with Crippen LogP contribution >= 0.6 is 0 Å². The summed E-state index contributed by atoms with van der Waals surface area (Å²) in [5.74, 6) is 0.896. The van der Waals surface area contributed by atoms with E-state index in [4.69, 9.17) is 5.11 Å². The molecule has 0 aromatic heterocycles. The van der Waals surface area contributed by atoms with Crippen molar-refractivity contribution in [3.8, 4) is 0 Å². The molecule has 2 saturated heterocycles. The molecule has 0 saturated carbocycles. The second-order valence-electron chi connectivity index (χ2n) is 5.62. The summed E-state index contributed by atoms with van der Waals surface area (Å²) in [6.07, 6.45) is 9.19. The van der Waals surface area contributed by atoms with Gasteiger partial charge in [0.25, 0.3) is 0 Å². The fraction of sp³-hybridized carbons (Fsp3) is 1.00. The van der Waals surface area contributed by atoms with Gasteiger partial charge < -0.3 is 15.3 Å². The SMILES string of the molecule is OCCCN1CCCCCC1C1CCNCC1. The molecule has 1 atom stereocenters. The Bertz CT molecular complexity index is 204. The molecule has 2 fully saturated rings. The first-order valence-corrected chi connectivity index (χ1v) is 7.47. The molecule has 0 bridgehead atoms. The Hall–Kier alpha value is -0.120. The highest BCUT2D eigenvalue weighted by molar-refractivity contribution is 4.84. The van der Waals surface area contributed by atoms with Gasteiger partial charge in [-0.05, 0) is 57.7 Å². The van der Waals surface area contributed by atoms with Gasteiger partial charge in [-0.25, -0.2) is 0 Å². The summed E-state index contributed by atoms with van der Waals surface area (Å²) in [5.41, 5.74) is 0. The van der Waals surface area contributed by atoms with Crippen LogP contribution < -0.4 is 5.32 Å². The molecule has 2 N–H and O–H groups in total. The highest BCUT2D eigenvalue weighted by atomic mass is 16.3. The second-order valence-corrected chi connectivity index (χ2v) is 5.62. The standard InChI is InChI=1S/C14H28N2O/c17-12-4-11-16-10-3-1-2-5-14(16)13-6-8-15-9-7-13/h13-15,17H,1-12H2. The van der Waals surface area contributed by atoms with Crippen molar-refractivity contribution in [2.45, 2.75) is 51.0 Å². The van der Waals surface area contributed by atoms with Crippen molar-refractivity contribution in [1.82, 2.24) is 10.2 Å². The van der Waals surface area contributed by atoms with Crippen LogP contribution in [0.15, 0.2) is 0 Å². The zero-order valence-electron chi connectivity index (χ0n) is 11.0. The summed E-state index contributed by atoms with van der Waals surface area (Å²) >= 11 is 0. The van der Waals surface area contributed by atoms with Gasteiger partial charge in [-0.1, -0.05) is 12.8 Å². The van der Waals surface area contributed by atoms with Crippen LogP contribution in [0.2, 0.25) is 0 Å². The molecular weight excluding hydrogens is 212 g/mol. The van der Waals surface area contributed by atoms with Gasteiger partial charge in [0, 0.05) is 19.2 Å². The third-order valence-electron chi connectivity index (χ3n) is 4.45. The lowest BCUT2D eigenvalue weighted by molar-refractivity contribution is 0.113. The first-order chi connectivity index (χ1) is 8.42. The van der Waals surface area contributed by atoms with Crippen molar-refractivity contribution < 1.29 is 5.11 Å². The summed E-state index contributed by atoms with van der Waals surface area (Å²) in [6, 6.07) is 0.797. The minimum absolute atomic E-state index is 0.343. The monoisotopic (exact) mass is 240 g/mol. The highest BCUT2D eigenvalue weighted by Crippen LogP contribution is 2.28.